The van der Waals surface area contributed by atoms with Gasteiger partial charge in [0.2, 0.25) is 0 Å². The summed E-state index contributed by atoms with van der Waals surface area (Å²) in [6, 6.07) is 6.07. The van der Waals surface area contributed by atoms with Crippen LogP contribution in [-0.2, 0) is 16.3 Å². The first-order valence-electron chi connectivity index (χ1n) is 10.3. The zero-order valence-electron chi connectivity index (χ0n) is 18.5. The number of nitrogens with one attached hydrogen (secondary N) is 4. The maximum Gasteiger partial charge on any atom is 0.322 e. The van der Waals surface area contributed by atoms with Crippen LogP contribution in [0.5, 0.6) is 0 Å². The van der Waals surface area contributed by atoms with Crippen LogP contribution < -0.4 is 16.0 Å². The van der Waals surface area contributed by atoms with Crippen molar-refractivity contribution in [3.05, 3.63) is 46.6 Å². The average Bonchev–Trinajstić information content (AvgIpc) is 3.44. The number of aliphatic carboxylic acids is 1. The van der Waals surface area contributed by atoms with Gasteiger partial charge in [-0.1, -0.05) is 22.9 Å². The van der Waals surface area contributed by atoms with Crippen LogP contribution in [0.4, 0.5) is 15.2 Å². The Labute approximate surface area is 206 Å². The zero-order valence-corrected chi connectivity index (χ0v) is 20.1. The molecule has 0 spiro atoms. The molecule has 0 aliphatic rings. The van der Waals surface area contributed by atoms with Crippen molar-refractivity contribution < 1.29 is 23.9 Å². The lowest BCUT2D eigenvalue weighted by atomic mass is 10.0. The van der Waals surface area contributed by atoms with Crippen molar-refractivity contribution >= 4 is 72.7 Å². The SMILES string of the molecule is CC(C)(Nc1ccc(Cl)cc1C(=O)NCC(=O)O)C(=O)Nc1nc2c(CF)cc3[nH]ncc3c2s1. The van der Waals surface area contributed by atoms with E-state index < -0.39 is 36.5 Å². The molecular formula is C22H20ClFN6O4S. The van der Waals surface area contributed by atoms with Crippen molar-refractivity contribution in [3.8, 4) is 0 Å². The van der Waals surface area contributed by atoms with Crippen LogP contribution in [0.2, 0.25) is 5.02 Å². The number of hydrogen-bond acceptors (Lipinski definition) is 7. The standard InChI is InChI=1S/C22H20ClFN6O4S/c1-22(2,29-14-4-3-11(23)6-12(14)19(33)25-9-16(31)32)20(34)28-21-27-17-10(7-24)5-15-13(8-26-30-15)18(17)35-21/h3-6,8,29H,7,9H2,1-2H3,(H,25,33)(H,26,30)(H,31,32)(H,27,28,34). The van der Waals surface area contributed by atoms with E-state index in [1.165, 1.54) is 29.5 Å². The lowest BCUT2D eigenvalue weighted by Gasteiger charge is -2.27. The van der Waals surface area contributed by atoms with Crippen molar-refractivity contribution in [2.24, 2.45) is 0 Å². The third-order valence-corrected chi connectivity index (χ3v) is 6.41. The Morgan fingerprint density at radius 1 is 1.26 bits per heavy atom. The Hall–Kier alpha value is -3.77. The van der Waals surface area contributed by atoms with Crippen molar-refractivity contribution in [2.45, 2.75) is 26.1 Å². The summed E-state index contributed by atoms with van der Waals surface area (Å²) in [5.41, 5.74) is 0.620. The molecule has 2 aromatic heterocycles. The van der Waals surface area contributed by atoms with E-state index in [0.717, 1.165) is 5.39 Å². The number of nitrogens with zero attached hydrogens (tertiary/aromatic N) is 2. The van der Waals surface area contributed by atoms with Crippen LogP contribution in [0.3, 0.4) is 0 Å². The molecule has 2 amide bonds. The van der Waals surface area contributed by atoms with Gasteiger partial charge in [-0.2, -0.15) is 5.10 Å². The van der Waals surface area contributed by atoms with E-state index in [-0.39, 0.29) is 21.4 Å². The molecule has 0 radical (unpaired) electrons. The molecule has 0 atom stereocenters. The quantitative estimate of drug-likeness (QED) is 0.237. The molecule has 2 aromatic carbocycles. The monoisotopic (exact) mass is 518 g/mol. The molecule has 10 nitrogen and oxygen atoms in total. The first-order chi connectivity index (χ1) is 16.6. The molecule has 0 fully saturated rings. The number of carbonyl (C=O) groups excluding carboxylic acids is 2. The van der Waals surface area contributed by atoms with E-state index >= 15 is 0 Å². The third-order valence-electron chi connectivity index (χ3n) is 5.17. The number of amides is 2. The maximum atomic E-state index is 13.6. The minimum absolute atomic E-state index is 0.0783. The molecule has 5 N–H and O–H groups in total. The predicted molar refractivity (Wildman–Crippen MR) is 132 cm³/mol. The summed E-state index contributed by atoms with van der Waals surface area (Å²) in [5, 5.41) is 25.0. The number of carbonyl (C=O) groups is 3. The summed E-state index contributed by atoms with van der Waals surface area (Å²) < 4.78 is 14.3. The summed E-state index contributed by atoms with van der Waals surface area (Å²) in [7, 11) is 0. The first-order valence-corrected chi connectivity index (χ1v) is 11.5. The fourth-order valence-electron chi connectivity index (χ4n) is 3.42. The van der Waals surface area contributed by atoms with Gasteiger partial charge in [-0.05, 0) is 38.1 Å². The van der Waals surface area contributed by atoms with Gasteiger partial charge < -0.3 is 15.7 Å². The summed E-state index contributed by atoms with van der Waals surface area (Å²) in [6.45, 7) is 1.91. The van der Waals surface area contributed by atoms with Gasteiger partial charge in [-0.3, -0.25) is 24.8 Å². The minimum Gasteiger partial charge on any atom is -0.480 e. The highest BCUT2D eigenvalue weighted by atomic mass is 35.5. The van der Waals surface area contributed by atoms with Crippen LogP contribution in [0, 0.1) is 0 Å². The van der Waals surface area contributed by atoms with Gasteiger partial charge in [-0.25, -0.2) is 9.37 Å². The smallest absolute Gasteiger partial charge is 0.322 e. The maximum absolute atomic E-state index is 13.6. The van der Waals surface area contributed by atoms with E-state index in [4.69, 9.17) is 16.7 Å². The molecule has 35 heavy (non-hydrogen) atoms. The Bertz CT molecular complexity index is 1470. The van der Waals surface area contributed by atoms with Crippen molar-refractivity contribution in [1.29, 1.82) is 0 Å². The molecule has 13 heteroatoms. The number of alkyl halides is 1. The number of carboxylic acid groups (broad SMARTS) is 1. The second kappa shape index (κ2) is 9.47. The van der Waals surface area contributed by atoms with Crippen LogP contribution in [0.1, 0.15) is 29.8 Å². The fraction of sp³-hybridized carbons (Fsp3) is 0.227. The summed E-state index contributed by atoms with van der Waals surface area (Å²) in [6.07, 6.45) is 1.62. The van der Waals surface area contributed by atoms with E-state index in [1.54, 1.807) is 26.1 Å². The Balaban J connectivity index is 1.58. The highest BCUT2D eigenvalue weighted by molar-refractivity contribution is 7.23. The molecule has 0 saturated carbocycles. The lowest BCUT2D eigenvalue weighted by molar-refractivity contribution is -0.135. The number of benzene rings is 2. The number of aromatic nitrogens is 3. The summed E-state index contributed by atoms with van der Waals surface area (Å²) in [4.78, 5) is 40.8. The first kappa shape index (κ1) is 24.4. The Morgan fingerprint density at radius 3 is 2.74 bits per heavy atom. The van der Waals surface area contributed by atoms with E-state index in [9.17, 15) is 18.8 Å². The highest BCUT2D eigenvalue weighted by Gasteiger charge is 2.30. The lowest BCUT2D eigenvalue weighted by Crippen LogP contribution is -2.44. The van der Waals surface area contributed by atoms with Crippen LogP contribution in [-0.4, -0.2) is 50.2 Å². The van der Waals surface area contributed by atoms with E-state index in [0.29, 0.717) is 21.3 Å². The highest BCUT2D eigenvalue weighted by Crippen LogP contribution is 2.35. The predicted octanol–water partition coefficient (Wildman–Crippen LogP) is 3.94. The molecule has 0 saturated heterocycles. The Kier molecular flexibility index (Phi) is 6.59. The number of thiazole rings is 1. The third kappa shape index (κ3) is 5.03. The van der Waals surface area contributed by atoms with Crippen LogP contribution in [0.25, 0.3) is 21.1 Å². The van der Waals surface area contributed by atoms with Gasteiger partial charge >= 0.3 is 5.97 Å². The molecule has 2 heterocycles. The van der Waals surface area contributed by atoms with Gasteiger partial charge in [0.05, 0.1) is 27.5 Å². The topological polar surface area (TPSA) is 149 Å². The molecule has 0 aliphatic carbocycles. The average molecular weight is 519 g/mol. The van der Waals surface area contributed by atoms with Crippen LogP contribution >= 0.6 is 22.9 Å². The number of fused-ring (bicyclic) bond motifs is 3. The number of H-pyrrole nitrogens is 1. The molecular weight excluding hydrogens is 499 g/mol. The molecule has 182 valence electrons. The Morgan fingerprint density at radius 2 is 2.03 bits per heavy atom. The fourth-order valence-corrected chi connectivity index (χ4v) is 4.61. The van der Waals surface area contributed by atoms with Gasteiger partial charge in [0.15, 0.2) is 5.13 Å². The number of rotatable bonds is 8. The van der Waals surface area contributed by atoms with Crippen molar-refractivity contribution in [1.82, 2.24) is 20.5 Å². The number of halogens is 2. The molecule has 0 bridgehead atoms. The molecule has 4 aromatic rings. The van der Waals surface area contributed by atoms with E-state index in [2.05, 4.69) is 31.1 Å². The normalized spacial score (nSPS) is 11.5. The minimum atomic E-state index is -1.23. The number of anilines is 2. The van der Waals surface area contributed by atoms with E-state index in [1.807, 2.05) is 0 Å². The number of hydrogen-bond donors (Lipinski definition) is 5. The number of carboxylic acids is 1. The van der Waals surface area contributed by atoms with Crippen molar-refractivity contribution in [3.63, 3.8) is 0 Å². The largest absolute Gasteiger partial charge is 0.480 e. The molecule has 0 aliphatic heterocycles. The van der Waals surface area contributed by atoms with Gasteiger partial charge in [0.1, 0.15) is 18.8 Å². The van der Waals surface area contributed by atoms with Gasteiger partial charge in [0.25, 0.3) is 11.8 Å². The number of aromatic amines is 1. The van der Waals surface area contributed by atoms with Gasteiger partial charge in [-0.15, -0.1) is 0 Å². The van der Waals surface area contributed by atoms with Crippen molar-refractivity contribution in [2.75, 3.05) is 17.2 Å². The summed E-state index contributed by atoms with van der Waals surface area (Å²) >= 11 is 7.21. The molecule has 4 rings (SSSR count). The van der Waals surface area contributed by atoms with Crippen LogP contribution in [0.15, 0.2) is 30.5 Å². The second-order valence-electron chi connectivity index (χ2n) is 8.17. The van der Waals surface area contributed by atoms with Gasteiger partial charge in [0, 0.05) is 21.7 Å². The second-order valence-corrected chi connectivity index (χ2v) is 9.60. The zero-order chi connectivity index (χ0) is 25.3. The summed E-state index contributed by atoms with van der Waals surface area (Å²) in [5.74, 6) is -2.33. The molecule has 0 unspecified atom stereocenters.